The third kappa shape index (κ3) is 3.30. The summed E-state index contributed by atoms with van der Waals surface area (Å²) in [7, 11) is 0. The predicted molar refractivity (Wildman–Crippen MR) is 58.6 cm³/mol. The fourth-order valence-corrected chi connectivity index (χ4v) is 2.19. The van der Waals surface area contributed by atoms with Gasteiger partial charge in [0.25, 0.3) is 0 Å². The van der Waals surface area contributed by atoms with Gasteiger partial charge >= 0.3 is 0 Å². The van der Waals surface area contributed by atoms with Crippen molar-refractivity contribution >= 4 is 0 Å². The Morgan fingerprint density at radius 3 is 2.15 bits per heavy atom. The second-order valence-corrected chi connectivity index (χ2v) is 4.78. The van der Waals surface area contributed by atoms with Gasteiger partial charge in [-0.1, -0.05) is 33.6 Å². The molecule has 13 heavy (non-hydrogen) atoms. The third-order valence-corrected chi connectivity index (χ3v) is 3.80. The van der Waals surface area contributed by atoms with Crippen LogP contribution in [0.3, 0.4) is 0 Å². The van der Waals surface area contributed by atoms with Gasteiger partial charge in [0.05, 0.1) is 0 Å². The highest BCUT2D eigenvalue weighted by molar-refractivity contribution is 4.85. The van der Waals surface area contributed by atoms with E-state index in [1.165, 1.54) is 32.1 Å². The smallest absolute Gasteiger partial charge is 0.00698 e. The summed E-state index contributed by atoms with van der Waals surface area (Å²) in [5.74, 6) is 2.58. The molecule has 0 spiro atoms. The molecule has 0 heterocycles. The summed E-state index contributed by atoms with van der Waals surface area (Å²) >= 11 is 0. The van der Waals surface area contributed by atoms with Crippen molar-refractivity contribution in [1.82, 2.24) is 0 Å². The molecule has 78 valence electrons. The largest absolute Gasteiger partial charge is 0.327 e. The molecule has 0 radical (unpaired) electrons. The highest BCUT2D eigenvalue weighted by Crippen LogP contribution is 2.39. The molecule has 0 aromatic carbocycles. The molecule has 1 rings (SSSR count). The zero-order valence-electron chi connectivity index (χ0n) is 9.42. The first-order chi connectivity index (χ1) is 6.19. The lowest BCUT2D eigenvalue weighted by atomic mass is 9.87. The molecule has 2 N–H and O–H groups in total. The zero-order valence-corrected chi connectivity index (χ0v) is 9.42. The van der Waals surface area contributed by atoms with Gasteiger partial charge in [0, 0.05) is 6.04 Å². The van der Waals surface area contributed by atoms with Crippen molar-refractivity contribution < 1.29 is 0 Å². The van der Waals surface area contributed by atoms with Crippen molar-refractivity contribution in [3.8, 4) is 0 Å². The Morgan fingerprint density at radius 1 is 1.23 bits per heavy atom. The molecule has 0 bridgehead atoms. The summed E-state index contributed by atoms with van der Waals surface area (Å²) in [6.07, 6.45) is 6.68. The van der Waals surface area contributed by atoms with Crippen LogP contribution in [0.1, 0.15) is 52.9 Å². The van der Waals surface area contributed by atoms with Gasteiger partial charge in [-0.15, -0.1) is 0 Å². The van der Waals surface area contributed by atoms with Crippen LogP contribution in [-0.4, -0.2) is 6.04 Å². The highest BCUT2D eigenvalue weighted by atomic mass is 14.7. The molecule has 2 unspecified atom stereocenters. The number of nitrogens with two attached hydrogens (primary N) is 1. The number of hydrogen-bond donors (Lipinski definition) is 1. The van der Waals surface area contributed by atoms with Crippen LogP contribution >= 0.6 is 0 Å². The van der Waals surface area contributed by atoms with E-state index in [0.717, 1.165) is 17.8 Å². The van der Waals surface area contributed by atoms with Crippen molar-refractivity contribution in [2.45, 2.75) is 58.9 Å². The maximum atomic E-state index is 6.21. The molecule has 1 heteroatoms. The SMILES string of the molecule is CCC(CC)CC(N)C(C)C1CC1. The molecule has 2 atom stereocenters. The van der Waals surface area contributed by atoms with Gasteiger partial charge in [-0.05, 0) is 37.0 Å². The lowest BCUT2D eigenvalue weighted by Gasteiger charge is -2.23. The molecular weight excluding hydrogens is 158 g/mol. The van der Waals surface area contributed by atoms with Gasteiger partial charge < -0.3 is 5.73 Å². The minimum atomic E-state index is 0.456. The highest BCUT2D eigenvalue weighted by Gasteiger charge is 2.32. The fraction of sp³-hybridized carbons (Fsp3) is 1.00. The van der Waals surface area contributed by atoms with Gasteiger partial charge in [-0.25, -0.2) is 0 Å². The molecule has 1 aliphatic rings. The van der Waals surface area contributed by atoms with Crippen molar-refractivity contribution in [3.05, 3.63) is 0 Å². The summed E-state index contributed by atoms with van der Waals surface area (Å²) < 4.78 is 0. The number of rotatable bonds is 6. The van der Waals surface area contributed by atoms with Crippen LogP contribution in [0.4, 0.5) is 0 Å². The van der Waals surface area contributed by atoms with E-state index >= 15 is 0 Å². The maximum Gasteiger partial charge on any atom is 0.00698 e. The Kier molecular flexibility index (Phi) is 4.24. The monoisotopic (exact) mass is 183 g/mol. The molecule has 1 fully saturated rings. The summed E-state index contributed by atoms with van der Waals surface area (Å²) in [6, 6.07) is 0.456. The lowest BCUT2D eigenvalue weighted by Crippen LogP contribution is -2.31. The van der Waals surface area contributed by atoms with E-state index in [2.05, 4.69) is 20.8 Å². The predicted octanol–water partition coefficient (Wildman–Crippen LogP) is 3.19. The summed E-state index contributed by atoms with van der Waals surface area (Å²) in [5.41, 5.74) is 6.21. The Labute approximate surface area is 83.1 Å². The van der Waals surface area contributed by atoms with E-state index in [9.17, 15) is 0 Å². The second-order valence-electron chi connectivity index (χ2n) is 4.78. The van der Waals surface area contributed by atoms with Crippen LogP contribution < -0.4 is 5.73 Å². The maximum absolute atomic E-state index is 6.21. The summed E-state index contributed by atoms with van der Waals surface area (Å²) in [6.45, 7) is 6.90. The minimum Gasteiger partial charge on any atom is -0.327 e. The Bertz CT molecular complexity index is 136. The fourth-order valence-electron chi connectivity index (χ4n) is 2.19. The molecule has 0 saturated heterocycles. The first-order valence-corrected chi connectivity index (χ1v) is 5.94. The van der Waals surface area contributed by atoms with Gasteiger partial charge in [0.15, 0.2) is 0 Å². The quantitative estimate of drug-likeness (QED) is 0.672. The van der Waals surface area contributed by atoms with Crippen molar-refractivity contribution in [3.63, 3.8) is 0 Å². The van der Waals surface area contributed by atoms with E-state index in [4.69, 9.17) is 5.73 Å². The molecule has 1 aliphatic carbocycles. The van der Waals surface area contributed by atoms with Crippen molar-refractivity contribution in [2.24, 2.45) is 23.5 Å². The second kappa shape index (κ2) is 4.99. The van der Waals surface area contributed by atoms with Crippen LogP contribution in [0.2, 0.25) is 0 Å². The molecule has 1 saturated carbocycles. The molecule has 0 aliphatic heterocycles. The van der Waals surface area contributed by atoms with E-state index in [1.54, 1.807) is 0 Å². The molecule has 0 aromatic heterocycles. The van der Waals surface area contributed by atoms with Crippen molar-refractivity contribution in [1.29, 1.82) is 0 Å². The van der Waals surface area contributed by atoms with Crippen molar-refractivity contribution in [2.75, 3.05) is 0 Å². The molecular formula is C12H25N. The average molecular weight is 183 g/mol. The standard InChI is InChI=1S/C12H25N/c1-4-10(5-2)8-12(13)9(3)11-6-7-11/h9-12H,4-8,13H2,1-3H3. The van der Waals surface area contributed by atoms with Crippen LogP contribution in [-0.2, 0) is 0 Å². The van der Waals surface area contributed by atoms with E-state index in [1.807, 2.05) is 0 Å². The number of hydrogen-bond acceptors (Lipinski definition) is 1. The molecule has 0 amide bonds. The Morgan fingerprint density at radius 2 is 1.77 bits per heavy atom. The van der Waals surface area contributed by atoms with Crippen LogP contribution in [0, 0.1) is 17.8 Å². The Hall–Kier alpha value is -0.0400. The van der Waals surface area contributed by atoms with E-state index in [-0.39, 0.29) is 0 Å². The first kappa shape index (κ1) is 11.0. The van der Waals surface area contributed by atoms with E-state index in [0.29, 0.717) is 6.04 Å². The topological polar surface area (TPSA) is 26.0 Å². The zero-order chi connectivity index (χ0) is 9.84. The minimum absolute atomic E-state index is 0.456. The lowest BCUT2D eigenvalue weighted by molar-refractivity contribution is 0.320. The van der Waals surface area contributed by atoms with Crippen LogP contribution in [0.25, 0.3) is 0 Å². The molecule has 0 aromatic rings. The van der Waals surface area contributed by atoms with E-state index < -0.39 is 0 Å². The summed E-state index contributed by atoms with van der Waals surface area (Å²) in [4.78, 5) is 0. The van der Waals surface area contributed by atoms with Gasteiger partial charge in [-0.2, -0.15) is 0 Å². The average Bonchev–Trinajstić information content (AvgIpc) is 2.95. The van der Waals surface area contributed by atoms with Gasteiger partial charge in [0.2, 0.25) is 0 Å². The van der Waals surface area contributed by atoms with Gasteiger partial charge in [0.1, 0.15) is 0 Å². The van der Waals surface area contributed by atoms with Crippen LogP contribution in [0.15, 0.2) is 0 Å². The normalized spacial score (nSPS) is 21.9. The summed E-state index contributed by atoms with van der Waals surface area (Å²) in [5, 5.41) is 0. The van der Waals surface area contributed by atoms with Gasteiger partial charge in [-0.3, -0.25) is 0 Å². The first-order valence-electron chi connectivity index (χ1n) is 5.94. The third-order valence-electron chi connectivity index (χ3n) is 3.80. The Balaban J connectivity index is 2.25. The van der Waals surface area contributed by atoms with Crippen LogP contribution in [0.5, 0.6) is 0 Å². The molecule has 1 nitrogen and oxygen atoms in total.